The lowest BCUT2D eigenvalue weighted by Gasteiger charge is -2.23. The monoisotopic (exact) mass is 296 g/mol. The largest absolute Gasteiger partial charge is 0.486 e. The smallest absolute Gasteiger partial charge is 0.163 e. The lowest BCUT2D eigenvalue weighted by Crippen LogP contribution is -2.29. The third-order valence-electron chi connectivity index (χ3n) is 3.83. The van der Waals surface area contributed by atoms with Gasteiger partial charge < -0.3 is 20.1 Å². The Labute approximate surface area is 124 Å². The van der Waals surface area contributed by atoms with E-state index in [1.165, 1.54) is 12.8 Å². The second kappa shape index (κ2) is 6.10. The van der Waals surface area contributed by atoms with Gasteiger partial charge in [-0.3, -0.25) is 0 Å². The van der Waals surface area contributed by atoms with Crippen molar-refractivity contribution in [1.29, 1.82) is 0 Å². The van der Waals surface area contributed by atoms with E-state index in [-0.39, 0.29) is 0 Å². The third-order valence-corrected chi connectivity index (χ3v) is 4.15. The average Bonchev–Trinajstić information content (AvgIpc) is 2.92. The van der Waals surface area contributed by atoms with Crippen molar-refractivity contribution in [1.82, 2.24) is 5.32 Å². The molecular weight excluding hydrogens is 276 g/mol. The van der Waals surface area contributed by atoms with Crippen LogP contribution in [0.4, 0.5) is 5.69 Å². The van der Waals surface area contributed by atoms with Crippen molar-refractivity contribution < 1.29 is 9.47 Å². The zero-order valence-corrected chi connectivity index (χ0v) is 12.5. The molecule has 1 aromatic carbocycles. The normalized spacial score (nSPS) is 22.6. The number of ether oxygens (including phenoxy) is 2. The average molecular weight is 297 g/mol. The molecule has 2 aliphatic heterocycles. The number of halogens is 1. The van der Waals surface area contributed by atoms with Crippen molar-refractivity contribution in [3.05, 3.63) is 17.2 Å². The fourth-order valence-corrected chi connectivity index (χ4v) is 3.09. The van der Waals surface area contributed by atoms with Gasteiger partial charge in [-0.2, -0.15) is 0 Å². The van der Waals surface area contributed by atoms with Crippen LogP contribution >= 0.6 is 11.6 Å². The maximum Gasteiger partial charge on any atom is 0.163 e. The van der Waals surface area contributed by atoms with Crippen LogP contribution in [-0.2, 0) is 0 Å². The van der Waals surface area contributed by atoms with E-state index in [0.29, 0.717) is 30.3 Å². The highest BCUT2D eigenvalue weighted by atomic mass is 35.5. The lowest BCUT2D eigenvalue weighted by atomic mass is 10.1. The minimum absolute atomic E-state index is 0.366. The fraction of sp³-hybridized carbons (Fsp3) is 0.600. The van der Waals surface area contributed by atoms with Crippen LogP contribution in [0.3, 0.4) is 0 Å². The molecular formula is C15H21ClN2O2. The second-order valence-electron chi connectivity index (χ2n) is 5.55. The summed E-state index contributed by atoms with van der Waals surface area (Å²) >= 11 is 6.31. The first-order valence-electron chi connectivity index (χ1n) is 7.31. The van der Waals surface area contributed by atoms with Gasteiger partial charge in [-0.1, -0.05) is 11.6 Å². The molecule has 1 fully saturated rings. The van der Waals surface area contributed by atoms with Crippen molar-refractivity contribution in [3.8, 4) is 11.5 Å². The Hall–Kier alpha value is -1.13. The molecule has 110 valence electrons. The summed E-state index contributed by atoms with van der Waals surface area (Å²) in [5, 5.41) is 7.68. The molecule has 2 N–H and O–H groups in total. The summed E-state index contributed by atoms with van der Waals surface area (Å²) in [5.74, 6) is 1.51. The molecule has 5 heteroatoms. The molecule has 1 aromatic rings. The molecule has 0 amide bonds. The predicted molar refractivity (Wildman–Crippen MR) is 81.2 cm³/mol. The molecule has 3 rings (SSSR count). The Balaban J connectivity index is 1.66. The van der Waals surface area contributed by atoms with Gasteiger partial charge >= 0.3 is 0 Å². The van der Waals surface area contributed by atoms with Gasteiger partial charge in [-0.05, 0) is 32.7 Å². The highest BCUT2D eigenvalue weighted by Crippen LogP contribution is 2.38. The van der Waals surface area contributed by atoms with Crippen molar-refractivity contribution in [2.24, 2.45) is 0 Å². The first kappa shape index (κ1) is 13.8. The number of fused-ring (bicyclic) bond motifs is 1. The molecule has 0 aliphatic carbocycles. The van der Waals surface area contributed by atoms with Crippen LogP contribution in [0.5, 0.6) is 11.5 Å². The minimum atomic E-state index is 0.366. The molecule has 20 heavy (non-hydrogen) atoms. The standard InChI is InChI=1S/C15H21ClN2O2/c1-10(7-11-3-2-4-17-11)18-13-9-15-14(8-12(13)16)19-5-6-20-15/h8-11,17-18H,2-7H2,1H3. The first-order chi connectivity index (χ1) is 9.72. The number of anilines is 1. The highest BCUT2D eigenvalue weighted by molar-refractivity contribution is 6.33. The molecule has 0 aromatic heterocycles. The van der Waals surface area contributed by atoms with Gasteiger partial charge in [-0.15, -0.1) is 0 Å². The molecule has 2 heterocycles. The quantitative estimate of drug-likeness (QED) is 0.896. The van der Waals surface area contributed by atoms with E-state index in [0.717, 1.165) is 30.2 Å². The van der Waals surface area contributed by atoms with Crippen LogP contribution in [0.1, 0.15) is 26.2 Å². The molecule has 2 atom stereocenters. The van der Waals surface area contributed by atoms with E-state index in [1.807, 2.05) is 12.1 Å². The Bertz CT molecular complexity index is 475. The van der Waals surface area contributed by atoms with Crippen LogP contribution in [0.25, 0.3) is 0 Å². The Morgan fingerprint density at radius 1 is 1.35 bits per heavy atom. The Morgan fingerprint density at radius 2 is 2.10 bits per heavy atom. The van der Waals surface area contributed by atoms with Crippen LogP contribution in [0.2, 0.25) is 5.02 Å². The summed E-state index contributed by atoms with van der Waals surface area (Å²) < 4.78 is 11.1. The van der Waals surface area contributed by atoms with Gasteiger partial charge in [0, 0.05) is 24.2 Å². The summed E-state index contributed by atoms with van der Waals surface area (Å²) in [6.07, 6.45) is 3.65. The summed E-state index contributed by atoms with van der Waals surface area (Å²) in [4.78, 5) is 0. The number of nitrogens with one attached hydrogen (secondary N) is 2. The maximum atomic E-state index is 6.31. The molecule has 0 radical (unpaired) electrons. The first-order valence-corrected chi connectivity index (χ1v) is 7.69. The van der Waals surface area contributed by atoms with E-state index in [1.54, 1.807) is 0 Å². The Morgan fingerprint density at radius 3 is 2.80 bits per heavy atom. The van der Waals surface area contributed by atoms with Gasteiger partial charge in [-0.25, -0.2) is 0 Å². The summed E-state index contributed by atoms with van der Waals surface area (Å²) in [6.45, 7) is 4.50. The van der Waals surface area contributed by atoms with Gasteiger partial charge in [0.25, 0.3) is 0 Å². The highest BCUT2D eigenvalue weighted by Gasteiger charge is 2.19. The van der Waals surface area contributed by atoms with Crippen molar-refractivity contribution in [3.63, 3.8) is 0 Å². The summed E-state index contributed by atoms with van der Waals surface area (Å²) in [7, 11) is 0. The van der Waals surface area contributed by atoms with Crippen LogP contribution in [0, 0.1) is 0 Å². The van der Waals surface area contributed by atoms with Crippen LogP contribution < -0.4 is 20.1 Å². The van der Waals surface area contributed by atoms with E-state index in [9.17, 15) is 0 Å². The second-order valence-corrected chi connectivity index (χ2v) is 5.96. The number of hydrogen-bond donors (Lipinski definition) is 2. The minimum Gasteiger partial charge on any atom is -0.486 e. The van der Waals surface area contributed by atoms with Gasteiger partial charge in [0.2, 0.25) is 0 Å². The zero-order valence-electron chi connectivity index (χ0n) is 11.7. The van der Waals surface area contributed by atoms with Gasteiger partial charge in [0.15, 0.2) is 11.5 Å². The molecule has 1 saturated heterocycles. The topological polar surface area (TPSA) is 42.5 Å². The van der Waals surface area contributed by atoms with Crippen molar-refractivity contribution in [2.75, 3.05) is 25.1 Å². The number of rotatable bonds is 4. The molecule has 0 spiro atoms. The third kappa shape index (κ3) is 3.13. The van der Waals surface area contributed by atoms with Crippen molar-refractivity contribution >= 4 is 17.3 Å². The Kier molecular flexibility index (Phi) is 4.22. The molecule has 2 aliphatic rings. The molecule has 4 nitrogen and oxygen atoms in total. The fourth-order valence-electron chi connectivity index (χ4n) is 2.88. The molecule has 0 bridgehead atoms. The van der Waals surface area contributed by atoms with Crippen molar-refractivity contribution in [2.45, 2.75) is 38.3 Å². The summed E-state index contributed by atoms with van der Waals surface area (Å²) in [5.41, 5.74) is 0.918. The van der Waals surface area contributed by atoms with E-state index < -0.39 is 0 Å². The van der Waals surface area contributed by atoms with E-state index in [2.05, 4.69) is 17.6 Å². The van der Waals surface area contributed by atoms with E-state index in [4.69, 9.17) is 21.1 Å². The number of benzene rings is 1. The zero-order chi connectivity index (χ0) is 13.9. The number of hydrogen-bond acceptors (Lipinski definition) is 4. The van der Waals surface area contributed by atoms with E-state index >= 15 is 0 Å². The predicted octanol–water partition coefficient (Wildman–Crippen LogP) is 3.05. The SMILES string of the molecule is CC(CC1CCCN1)Nc1cc2c(cc1Cl)OCCO2. The van der Waals surface area contributed by atoms with Crippen LogP contribution in [-0.4, -0.2) is 31.8 Å². The van der Waals surface area contributed by atoms with Gasteiger partial charge in [0.1, 0.15) is 13.2 Å². The molecule has 2 unspecified atom stereocenters. The maximum absolute atomic E-state index is 6.31. The lowest BCUT2D eigenvalue weighted by molar-refractivity contribution is 0.171. The summed E-state index contributed by atoms with van der Waals surface area (Å²) in [6, 6.07) is 4.76. The van der Waals surface area contributed by atoms with Crippen LogP contribution in [0.15, 0.2) is 12.1 Å². The van der Waals surface area contributed by atoms with Gasteiger partial charge in [0.05, 0.1) is 10.7 Å². The molecule has 0 saturated carbocycles.